The largest absolute Gasteiger partial charge is 0.481 e. The molecular formula is C20H24F2O4. The number of carboxylic acid groups (broad SMARTS) is 1. The van der Waals surface area contributed by atoms with Gasteiger partial charge in [0.25, 0.3) is 0 Å². The van der Waals surface area contributed by atoms with Crippen molar-refractivity contribution in [2.75, 3.05) is 0 Å². The lowest BCUT2D eigenvalue weighted by molar-refractivity contribution is -0.137. The summed E-state index contributed by atoms with van der Waals surface area (Å²) < 4.78 is 27.4. The summed E-state index contributed by atoms with van der Waals surface area (Å²) in [6, 6.07) is 3.60. The van der Waals surface area contributed by atoms with Crippen LogP contribution in [0.3, 0.4) is 0 Å². The van der Waals surface area contributed by atoms with E-state index in [0.29, 0.717) is 12.8 Å². The minimum absolute atomic E-state index is 0.0355. The van der Waals surface area contributed by atoms with Gasteiger partial charge in [0.2, 0.25) is 0 Å². The average Bonchev–Trinajstić information content (AvgIpc) is 2.83. The Morgan fingerprint density at radius 1 is 1.15 bits per heavy atom. The minimum atomic E-state index is -0.842. The van der Waals surface area contributed by atoms with Gasteiger partial charge in [-0.15, -0.1) is 0 Å². The molecule has 1 saturated carbocycles. The highest BCUT2D eigenvalue weighted by atomic mass is 19.1. The monoisotopic (exact) mass is 366 g/mol. The van der Waals surface area contributed by atoms with Gasteiger partial charge in [-0.25, -0.2) is 8.78 Å². The highest BCUT2D eigenvalue weighted by Crippen LogP contribution is 2.35. The van der Waals surface area contributed by atoms with Crippen LogP contribution in [0.15, 0.2) is 24.3 Å². The number of aliphatic hydroxyl groups is 1. The fraction of sp³-hybridized carbons (Fsp3) is 0.500. The van der Waals surface area contributed by atoms with Gasteiger partial charge >= 0.3 is 5.97 Å². The number of halogens is 2. The Morgan fingerprint density at radius 3 is 2.46 bits per heavy atom. The number of ketones is 1. The second-order valence-electron chi connectivity index (χ2n) is 6.76. The predicted octanol–water partition coefficient (Wildman–Crippen LogP) is 3.97. The number of aliphatic hydroxyl groups excluding tert-OH is 1. The average molecular weight is 366 g/mol. The summed E-state index contributed by atoms with van der Waals surface area (Å²) in [6.07, 6.45) is 5.71. The molecule has 0 aromatic heterocycles. The molecule has 0 aliphatic heterocycles. The molecule has 2 N–H and O–H groups in total. The zero-order valence-corrected chi connectivity index (χ0v) is 14.5. The summed E-state index contributed by atoms with van der Waals surface area (Å²) >= 11 is 0. The molecule has 1 fully saturated rings. The van der Waals surface area contributed by atoms with Crippen molar-refractivity contribution in [3.05, 3.63) is 41.5 Å². The fourth-order valence-corrected chi connectivity index (χ4v) is 3.46. The van der Waals surface area contributed by atoms with Crippen LogP contribution in [0.2, 0.25) is 0 Å². The van der Waals surface area contributed by atoms with Crippen LogP contribution in [0.4, 0.5) is 8.78 Å². The third-order valence-electron chi connectivity index (χ3n) is 4.87. The molecule has 0 radical (unpaired) electrons. The third-order valence-corrected chi connectivity index (χ3v) is 4.87. The highest BCUT2D eigenvalue weighted by Gasteiger charge is 2.39. The summed E-state index contributed by atoms with van der Waals surface area (Å²) in [5.41, 5.74) is -0.175. The summed E-state index contributed by atoms with van der Waals surface area (Å²) in [5.74, 6) is -3.04. The van der Waals surface area contributed by atoms with E-state index in [0.717, 1.165) is 31.4 Å². The number of hydrogen-bond acceptors (Lipinski definition) is 3. The second-order valence-corrected chi connectivity index (χ2v) is 6.76. The molecule has 26 heavy (non-hydrogen) atoms. The van der Waals surface area contributed by atoms with E-state index in [4.69, 9.17) is 5.11 Å². The smallest absolute Gasteiger partial charge is 0.303 e. The molecule has 0 bridgehead atoms. The zero-order valence-electron chi connectivity index (χ0n) is 14.5. The lowest BCUT2D eigenvalue weighted by atomic mass is 9.88. The topological polar surface area (TPSA) is 74.6 Å². The van der Waals surface area contributed by atoms with Gasteiger partial charge in [0.05, 0.1) is 6.10 Å². The number of aliphatic carboxylic acids is 1. The fourth-order valence-electron chi connectivity index (χ4n) is 3.46. The molecule has 0 unspecified atom stereocenters. The predicted molar refractivity (Wildman–Crippen MR) is 93.3 cm³/mol. The van der Waals surface area contributed by atoms with E-state index in [9.17, 15) is 23.5 Å². The van der Waals surface area contributed by atoms with Crippen molar-refractivity contribution in [2.45, 2.75) is 51.0 Å². The third kappa shape index (κ3) is 5.46. The Hall–Kier alpha value is -2.08. The van der Waals surface area contributed by atoms with Crippen molar-refractivity contribution in [1.29, 1.82) is 0 Å². The van der Waals surface area contributed by atoms with Gasteiger partial charge in [-0.1, -0.05) is 37.5 Å². The maximum Gasteiger partial charge on any atom is 0.303 e. The Morgan fingerprint density at radius 2 is 1.81 bits per heavy atom. The van der Waals surface area contributed by atoms with Gasteiger partial charge < -0.3 is 10.2 Å². The standard InChI is InChI=1S/C20H24F2O4/c21-16-7-5-8-17(22)15(16)11-10-14-13(18(23)12-19(14)24)6-3-1-2-4-9-20(25)26/h5,7-8,10-11,13-14,19,24H,1-4,6,9,12H2,(H,25,26)/t13-,14-,19+/m0/s1. The van der Waals surface area contributed by atoms with Gasteiger partial charge in [0.15, 0.2) is 0 Å². The first-order chi connectivity index (χ1) is 12.4. The summed E-state index contributed by atoms with van der Waals surface area (Å²) in [4.78, 5) is 22.6. The Bertz CT molecular complexity index is 652. The lowest BCUT2D eigenvalue weighted by Crippen LogP contribution is -2.18. The van der Waals surface area contributed by atoms with Crippen molar-refractivity contribution >= 4 is 17.8 Å². The Balaban J connectivity index is 1.94. The quantitative estimate of drug-likeness (QED) is 0.649. The summed E-state index contributed by atoms with van der Waals surface area (Å²) in [7, 11) is 0. The number of unbranched alkanes of at least 4 members (excludes halogenated alkanes) is 3. The SMILES string of the molecule is O=C(O)CCCCCC[C@@H]1C(=O)C[C@@H](O)[C@H]1C=Cc1c(F)cccc1F. The number of carboxylic acids is 1. The molecule has 0 amide bonds. The second kappa shape index (κ2) is 9.57. The van der Waals surface area contributed by atoms with Gasteiger partial charge in [-0.3, -0.25) is 9.59 Å². The molecule has 1 aromatic carbocycles. The van der Waals surface area contributed by atoms with Gasteiger partial charge in [0, 0.05) is 30.2 Å². The summed E-state index contributed by atoms with van der Waals surface area (Å²) in [5, 5.41) is 18.7. The summed E-state index contributed by atoms with van der Waals surface area (Å²) in [6.45, 7) is 0. The molecule has 1 aliphatic carbocycles. The number of carbonyl (C=O) groups excluding carboxylic acids is 1. The zero-order chi connectivity index (χ0) is 19.1. The molecule has 142 valence electrons. The van der Waals surface area contributed by atoms with Gasteiger partial charge in [-0.2, -0.15) is 0 Å². The normalized spacial score (nSPS) is 23.0. The van der Waals surface area contributed by atoms with Crippen LogP contribution in [0.25, 0.3) is 6.08 Å². The molecule has 2 rings (SSSR count). The number of benzene rings is 1. The van der Waals surface area contributed by atoms with Crippen molar-refractivity contribution in [2.24, 2.45) is 11.8 Å². The van der Waals surface area contributed by atoms with Crippen LogP contribution in [0, 0.1) is 23.5 Å². The molecule has 3 atom stereocenters. The van der Waals surface area contributed by atoms with Gasteiger partial charge in [-0.05, 0) is 25.0 Å². The number of Topliss-reactive ketones (excluding diaryl/α,β-unsaturated/α-hetero) is 1. The first kappa shape index (κ1) is 20.2. The number of carbonyl (C=O) groups is 2. The molecule has 0 heterocycles. The van der Waals surface area contributed by atoms with E-state index in [2.05, 4.69) is 0 Å². The van der Waals surface area contributed by atoms with Crippen molar-refractivity contribution in [1.82, 2.24) is 0 Å². The van der Waals surface area contributed by atoms with Crippen LogP contribution in [0.5, 0.6) is 0 Å². The van der Waals surface area contributed by atoms with E-state index in [1.165, 1.54) is 18.2 Å². The molecule has 6 heteroatoms. The number of rotatable bonds is 9. The highest BCUT2D eigenvalue weighted by molar-refractivity contribution is 5.84. The number of hydrogen-bond donors (Lipinski definition) is 2. The lowest BCUT2D eigenvalue weighted by Gasteiger charge is -2.17. The van der Waals surface area contributed by atoms with Crippen molar-refractivity contribution in [3.63, 3.8) is 0 Å². The van der Waals surface area contributed by atoms with Crippen LogP contribution in [-0.2, 0) is 9.59 Å². The first-order valence-electron chi connectivity index (χ1n) is 8.95. The Kier molecular flexibility index (Phi) is 7.45. The molecule has 4 nitrogen and oxygen atoms in total. The van der Waals surface area contributed by atoms with Crippen LogP contribution >= 0.6 is 0 Å². The molecule has 1 aliphatic rings. The van der Waals surface area contributed by atoms with E-state index < -0.39 is 29.6 Å². The molecular weight excluding hydrogens is 342 g/mol. The maximum atomic E-state index is 13.7. The van der Waals surface area contributed by atoms with E-state index in [1.807, 2.05) is 0 Å². The van der Waals surface area contributed by atoms with Crippen molar-refractivity contribution < 1.29 is 28.6 Å². The minimum Gasteiger partial charge on any atom is -0.481 e. The van der Waals surface area contributed by atoms with E-state index >= 15 is 0 Å². The maximum absolute atomic E-state index is 13.7. The first-order valence-corrected chi connectivity index (χ1v) is 8.95. The van der Waals surface area contributed by atoms with Crippen LogP contribution < -0.4 is 0 Å². The molecule has 1 aromatic rings. The van der Waals surface area contributed by atoms with E-state index in [-0.39, 0.29) is 30.1 Å². The molecule has 0 spiro atoms. The van der Waals surface area contributed by atoms with Crippen molar-refractivity contribution in [3.8, 4) is 0 Å². The van der Waals surface area contributed by atoms with Crippen LogP contribution in [0.1, 0.15) is 50.5 Å². The van der Waals surface area contributed by atoms with E-state index in [1.54, 1.807) is 0 Å². The van der Waals surface area contributed by atoms with Crippen LogP contribution in [-0.4, -0.2) is 28.1 Å². The Labute approximate surface area is 151 Å². The molecule has 0 saturated heterocycles. The van der Waals surface area contributed by atoms with Gasteiger partial charge in [0.1, 0.15) is 17.4 Å².